The number of rotatable bonds is 0. The van der Waals surface area contributed by atoms with Crippen LogP contribution in [-0.4, -0.2) is 12.1 Å². The van der Waals surface area contributed by atoms with Gasteiger partial charge in [-0.1, -0.05) is 27.2 Å². The molecule has 1 heteroatoms. The van der Waals surface area contributed by atoms with Gasteiger partial charge in [-0.2, -0.15) is 0 Å². The van der Waals surface area contributed by atoms with Crippen molar-refractivity contribution in [1.29, 1.82) is 0 Å². The first-order chi connectivity index (χ1) is 6.98. The number of fused-ring (bicyclic) bond motifs is 1. The summed E-state index contributed by atoms with van der Waals surface area (Å²) in [7, 11) is 0. The normalized spacial score (nSPS) is 42.4. The second-order valence-electron chi connectivity index (χ2n) is 6.83. The van der Waals surface area contributed by atoms with E-state index in [4.69, 9.17) is 0 Å². The van der Waals surface area contributed by atoms with Crippen molar-refractivity contribution in [3.8, 4) is 0 Å². The summed E-state index contributed by atoms with van der Waals surface area (Å²) in [5.74, 6) is 1.86. The first-order valence-electron chi connectivity index (χ1n) is 6.74. The highest BCUT2D eigenvalue weighted by Crippen LogP contribution is 2.43. The minimum Gasteiger partial charge on any atom is -0.311 e. The van der Waals surface area contributed by atoms with Gasteiger partial charge in [0.2, 0.25) is 0 Å². The molecule has 0 radical (unpaired) electrons. The summed E-state index contributed by atoms with van der Waals surface area (Å²) in [6.45, 7) is 9.60. The molecule has 4 atom stereocenters. The Morgan fingerprint density at radius 3 is 2.40 bits per heavy atom. The summed E-state index contributed by atoms with van der Waals surface area (Å²) >= 11 is 0. The van der Waals surface area contributed by atoms with E-state index in [1.54, 1.807) is 0 Å². The zero-order chi connectivity index (χ0) is 11.1. The van der Waals surface area contributed by atoms with Crippen LogP contribution in [0.4, 0.5) is 0 Å². The van der Waals surface area contributed by atoms with Crippen molar-refractivity contribution >= 4 is 0 Å². The molecule has 2 fully saturated rings. The van der Waals surface area contributed by atoms with Crippen LogP contribution in [0, 0.1) is 17.3 Å². The minimum absolute atomic E-state index is 0.480. The van der Waals surface area contributed by atoms with E-state index in [1.807, 2.05) is 0 Å². The van der Waals surface area contributed by atoms with Crippen LogP contribution in [0.25, 0.3) is 0 Å². The molecule has 2 rings (SSSR count). The molecule has 0 spiro atoms. The van der Waals surface area contributed by atoms with Crippen LogP contribution in [0.3, 0.4) is 0 Å². The van der Waals surface area contributed by atoms with Gasteiger partial charge in [-0.3, -0.25) is 0 Å². The van der Waals surface area contributed by atoms with E-state index < -0.39 is 0 Å². The maximum Gasteiger partial charge on any atom is 0.0131 e. The van der Waals surface area contributed by atoms with Crippen LogP contribution in [-0.2, 0) is 0 Å². The topological polar surface area (TPSA) is 12.0 Å². The third-order valence-corrected chi connectivity index (χ3v) is 4.59. The maximum absolute atomic E-state index is 3.87. The van der Waals surface area contributed by atoms with Crippen LogP contribution < -0.4 is 5.32 Å². The predicted molar refractivity (Wildman–Crippen MR) is 65.9 cm³/mol. The SMILES string of the molecule is C[C@H]1CC[C@H]2CCC[C@@H](C(C)(C)C)[C@H]2N1. The lowest BCUT2D eigenvalue weighted by Gasteiger charge is -2.49. The second kappa shape index (κ2) is 4.08. The third-order valence-electron chi connectivity index (χ3n) is 4.59. The van der Waals surface area contributed by atoms with E-state index in [9.17, 15) is 0 Å². The summed E-state index contributed by atoms with van der Waals surface area (Å²) in [5.41, 5.74) is 0.480. The number of hydrogen-bond donors (Lipinski definition) is 1. The van der Waals surface area contributed by atoms with Gasteiger partial charge in [0.1, 0.15) is 0 Å². The van der Waals surface area contributed by atoms with Crippen LogP contribution in [0.15, 0.2) is 0 Å². The molecular weight excluding hydrogens is 182 g/mol. The first-order valence-corrected chi connectivity index (χ1v) is 6.74. The Kier molecular flexibility index (Phi) is 3.12. The van der Waals surface area contributed by atoms with Crippen molar-refractivity contribution in [3.05, 3.63) is 0 Å². The Labute approximate surface area is 95.0 Å². The number of hydrogen-bond acceptors (Lipinski definition) is 1. The van der Waals surface area contributed by atoms with Crippen molar-refractivity contribution in [3.63, 3.8) is 0 Å². The quantitative estimate of drug-likeness (QED) is 0.643. The molecule has 15 heavy (non-hydrogen) atoms. The highest BCUT2D eigenvalue weighted by Gasteiger charge is 2.41. The minimum atomic E-state index is 0.480. The van der Waals surface area contributed by atoms with Crippen LogP contribution in [0.2, 0.25) is 0 Å². The van der Waals surface area contributed by atoms with Gasteiger partial charge in [-0.15, -0.1) is 0 Å². The van der Waals surface area contributed by atoms with Gasteiger partial charge in [-0.25, -0.2) is 0 Å². The van der Waals surface area contributed by atoms with Crippen LogP contribution >= 0.6 is 0 Å². The van der Waals surface area contributed by atoms with Gasteiger partial charge in [0, 0.05) is 12.1 Å². The maximum atomic E-state index is 3.87. The van der Waals surface area contributed by atoms with Gasteiger partial charge < -0.3 is 5.32 Å². The smallest absolute Gasteiger partial charge is 0.0131 e. The molecule has 0 bridgehead atoms. The van der Waals surface area contributed by atoms with Crippen molar-refractivity contribution in [1.82, 2.24) is 5.32 Å². The van der Waals surface area contributed by atoms with Gasteiger partial charge in [0.15, 0.2) is 0 Å². The van der Waals surface area contributed by atoms with Crippen molar-refractivity contribution < 1.29 is 0 Å². The van der Waals surface area contributed by atoms with Crippen LogP contribution in [0.5, 0.6) is 0 Å². The highest BCUT2D eigenvalue weighted by atomic mass is 15.0. The lowest BCUT2D eigenvalue weighted by atomic mass is 9.63. The van der Waals surface area contributed by atoms with Gasteiger partial charge in [0.05, 0.1) is 0 Å². The Bertz CT molecular complexity index is 216. The van der Waals surface area contributed by atoms with Crippen molar-refractivity contribution in [2.45, 2.75) is 71.9 Å². The fourth-order valence-corrected chi connectivity index (χ4v) is 3.71. The molecule has 0 unspecified atom stereocenters. The molecule has 1 aliphatic heterocycles. The lowest BCUT2D eigenvalue weighted by molar-refractivity contribution is 0.0564. The molecule has 1 saturated heterocycles. The molecule has 0 aromatic carbocycles. The number of nitrogens with one attached hydrogen (secondary N) is 1. The predicted octanol–water partition coefficient (Wildman–Crippen LogP) is 3.59. The largest absolute Gasteiger partial charge is 0.311 e. The molecule has 1 N–H and O–H groups in total. The zero-order valence-electron chi connectivity index (χ0n) is 10.8. The molecule has 1 aliphatic carbocycles. The van der Waals surface area contributed by atoms with E-state index >= 15 is 0 Å². The molecule has 1 saturated carbocycles. The number of piperidine rings is 1. The highest BCUT2D eigenvalue weighted by molar-refractivity contribution is 4.96. The van der Waals surface area contributed by atoms with Crippen LogP contribution in [0.1, 0.15) is 59.8 Å². The molecule has 88 valence electrons. The fourth-order valence-electron chi connectivity index (χ4n) is 3.71. The molecule has 0 amide bonds. The second-order valence-corrected chi connectivity index (χ2v) is 6.83. The summed E-state index contributed by atoms with van der Waals surface area (Å²) in [4.78, 5) is 0. The monoisotopic (exact) mass is 209 g/mol. The standard InChI is InChI=1S/C14H27N/c1-10-8-9-11-6-5-7-12(13(11)15-10)14(2,3)4/h10-13,15H,5-9H2,1-4H3/t10-,11+,12+,13-/m0/s1. The summed E-state index contributed by atoms with van der Waals surface area (Å²) in [5, 5.41) is 3.87. The Balaban J connectivity index is 2.11. The van der Waals surface area contributed by atoms with Gasteiger partial charge in [0.25, 0.3) is 0 Å². The van der Waals surface area contributed by atoms with Crippen molar-refractivity contribution in [2.75, 3.05) is 0 Å². The van der Waals surface area contributed by atoms with E-state index in [-0.39, 0.29) is 0 Å². The lowest BCUT2D eigenvalue weighted by Crippen LogP contribution is -2.55. The molecule has 1 heterocycles. The summed E-state index contributed by atoms with van der Waals surface area (Å²) in [6, 6.07) is 1.55. The van der Waals surface area contributed by atoms with E-state index in [1.165, 1.54) is 32.1 Å². The molecule has 0 aromatic rings. The van der Waals surface area contributed by atoms with Crippen molar-refractivity contribution in [2.24, 2.45) is 17.3 Å². The third kappa shape index (κ3) is 2.38. The van der Waals surface area contributed by atoms with E-state index in [0.29, 0.717) is 5.41 Å². The Hall–Kier alpha value is -0.0400. The summed E-state index contributed by atoms with van der Waals surface area (Å²) in [6.07, 6.45) is 7.21. The molecular formula is C14H27N. The first kappa shape index (κ1) is 11.4. The Morgan fingerprint density at radius 2 is 1.73 bits per heavy atom. The molecule has 0 aromatic heterocycles. The summed E-state index contributed by atoms with van der Waals surface area (Å²) < 4.78 is 0. The Morgan fingerprint density at radius 1 is 1.00 bits per heavy atom. The molecule has 2 aliphatic rings. The van der Waals surface area contributed by atoms with Gasteiger partial charge >= 0.3 is 0 Å². The zero-order valence-corrected chi connectivity index (χ0v) is 10.8. The average Bonchev–Trinajstić information content (AvgIpc) is 2.15. The van der Waals surface area contributed by atoms with E-state index in [2.05, 4.69) is 33.0 Å². The van der Waals surface area contributed by atoms with E-state index in [0.717, 1.165) is 23.9 Å². The fraction of sp³-hybridized carbons (Fsp3) is 1.00. The molecule has 1 nitrogen and oxygen atoms in total. The average molecular weight is 209 g/mol. The van der Waals surface area contributed by atoms with Gasteiger partial charge in [-0.05, 0) is 49.9 Å².